The van der Waals surface area contributed by atoms with Crippen LogP contribution in [0.15, 0.2) is 18.2 Å². The topological polar surface area (TPSA) is 35.5 Å². The zero-order chi connectivity index (χ0) is 14.3. The van der Waals surface area contributed by atoms with Gasteiger partial charge in [-0.15, -0.1) is 0 Å². The second-order valence-electron chi connectivity index (χ2n) is 4.98. The highest BCUT2D eigenvalue weighted by molar-refractivity contribution is 5.78. The monoisotopic (exact) mass is 264 g/mol. The number of rotatable bonds is 8. The van der Waals surface area contributed by atoms with E-state index in [2.05, 4.69) is 6.92 Å². The predicted octanol–water partition coefficient (Wildman–Crippen LogP) is 3.64. The van der Waals surface area contributed by atoms with Crippen molar-refractivity contribution in [2.45, 2.75) is 39.5 Å². The molecule has 0 aliphatic heterocycles. The third kappa shape index (κ3) is 4.93. The van der Waals surface area contributed by atoms with Crippen molar-refractivity contribution in [1.82, 2.24) is 0 Å². The van der Waals surface area contributed by atoms with E-state index in [-0.39, 0.29) is 0 Å². The van der Waals surface area contributed by atoms with Gasteiger partial charge in [-0.2, -0.15) is 0 Å². The molecule has 19 heavy (non-hydrogen) atoms. The van der Waals surface area contributed by atoms with Crippen molar-refractivity contribution < 1.29 is 14.3 Å². The van der Waals surface area contributed by atoms with Crippen LogP contribution in [0.3, 0.4) is 0 Å². The minimum Gasteiger partial charge on any atom is -0.497 e. The lowest BCUT2D eigenvalue weighted by molar-refractivity contribution is -0.119. The summed E-state index contributed by atoms with van der Waals surface area (Å²) in [5.74, 6) is 2.34. The molecule has 0 saturated carbocycles. The van der Waals surface area contributed by atoms with Gasteiger partial charge in [-0.3, -0.25) is 4.79 Å². The predicted molar refractivity (Wildman–Crippen MR) is 76.9 cm³/mol. The van der Waals surface area contributed by atoms with E-state index in [1.807, 2.05) is 25.1 Å². The fraction of sp³-hybridized carbons (Fsp3) is 0.562. The maximum atomic E-state index is 11.7. The van der Waals surface area contributed by atoms with Crippen molar-refractivity contribution >= 4 is 5.78 Å². The Kier molecular flexibility index (Phi) is 6.40. The third-order valence-corrected chi connectivity index (χ3v) is 3.16. The Balaban J connectivity index is 2.71. The second kappa shape index (κ2) is 7.82. The van der Waals surface area contributed by atoms with Crippen molar-refractivity contribution in [2.24, 2.45) is 5.92 Å². The normalized spacial score (nSPS) is 12.0. The fourth-order valence-electron chi connectivity index (χ4n) is 2.26. The third-order valence-electron chi connectivity index (χ3n) is 3.16. The molecular weight excluding hydrogens is 240 g/mol. The lowest BCUT2D eigenvalue weighted by Gasteiger charge is -2.14. The lowest BCUT2D eigenvalue weighted by atomic mass is 9.94. The van der Waals surface area contributed by atoms with Crippen LogP contribution in [0.2, 0.25) is 0 Å². The average molecular weight is 264 g/mol. The van der Waals surface area contributed by atoms with Crippen LogP contribution in [0.4, 0.5) is 0 Å². The van der Waals surface area contributed by atoms with Gasteiger partial charge in [0.1, 0.15) is 17.3 Å². The summed E-state index contributed by atoms with van der Waals surface area (Å²) < 4.78 is 10.6. The molecule has 0 aliphatic rings. The highest BCUT2D eigenvalue weighted by Gasteiger charge is 2.13. The van der Waals surface area contributed by atoms with E-state index in [4.69, 9.17) is 9.47 Å². The van der Waals surface area contributed by atoms with E-state index in [0.29, 0.717) is 24.5 Å². The highest BCUT2D eigenvalue weighted by Crippen LogP contribution is 2.27. The summed E-state index contributed by atoms with van der Waals surface area (Å²) in [6.07, 6.45) is 3.07. The molecule has 0 bridgehead atoms. The van der Waals surface area contributed by atoms with Crippen LogP contribution in [0.25, 0.3) is 0 Å². The molecule has 0 spiro atoms. The number of hydrogen-bond acceptors (Lipinski definition) is 3. The molecule has 0 radical (unpaired) electrons. The van der Waals surface area contributed by atoms with Crippen LogP contribution < -0.4 is 9.47 Å². The average Bonchev–Trinajstić information content (AvgIpc) is 2.38. The van der Waals surface area contributed by atoms with Gasteiger partial charge in [0, 0.05) is 12.8 Å². The molecule has 1 unspecified atom stereocenters. The van der Waals surface area contributed by atoms with Crippen LogP contribution in [-0.2, 0) is 11.2 Å². The summed E-state index contributed by atoms with van der Waals surface area (Å²) in [6.45, 7) is 4.14. The summed E-state index contributed by atoms with van der Waals surface area (Å²) in [5.41, 5.74) is 1.10. The molecule has 3 nitrogen and oxygen atoms in total. The number of carbonyl (C=O) groups excluding carboxylic acids is 1. The van der Waals surface area contributed by atoms with Gasteiger partial charge in [0.15, 0.2) is 0 Å². The summed E-state index contributed by atoms with van der Waals surface area (Å²) in [5, 5.41) is 0. The number of Topliss-reactive ketones (excluding diaryl/α,β-unsaturated/α-hetero) is 1. The first-order chi connectivity index (χ1) is 9.10. The molecule has 1 atom stereocenters. The Morgan fingerprint density at radius 2 is 2.00 bits per heavy atom. The zero-order valence-electron chi connectivity index (χ0n) is 12.4. The molecule has 106 valence electrons. The molecule has 0 fully saturated rings. The van der Waals surface area contributed by atoms with Crippen molar-refractivity contribution in [2.75, 3.05) is 14.2 Å². The van der Waals surface area contributed by atoms with Crippen LogP contribution in [-0.4, -0.2) is 20.0 Å². The number of carbonyl (C=O) groups is 1. The first kappa shape index (κ1) is 15.5. The van der Waals surface area contributed by atoms with Gasteiger partial charge in [-0.1, -0.05) is 13.8 Å². The summed E-state index contributed by atoms with van der Waals surface area (Å²) >= 11 is 0. The number of benzene rings is 1. The molecule has 1 aromatic rings. The van der Waals surface area contributed by atoms with E-state index in [0.717, 1.165) is 29.9 Å². The van der Waals surface area contributed by atoms with Gasteiger partial charge >= 0.3 is 0 Å². The van der Waals surface area contributed by atoms with Crippen molar-refractivity contribution in [1.29, 1.82) is 0 Å². The Labute approximate surface area is 115 Å². The summed E-state index contributed by atoms with van der Waals surface area (Å²) in [6, 6.07) is 5.78. The molecule has 0 heterocycles. The lowest BCUT2D eigenvalue weighted by Crippen LogP contribution is -2.08. The largest absolute Gasteiger partial charge is 0.497 e. The SMILES string of the molecule is CCCC(=O)CC(C)Cc1cc(OC)ccc1OC. The highest BCUT2D eigenvalue weighted by atomic mass is 16.5. The Bertz CT molecular complexity index is 412. The van der Waals surface area contributed by atoms with E-state index in [1.165, 1.54) is 0 Å². The van der Waals surface area contributed by atoms with Crippen molar-refractivity contribution in [3.8, 4) is 11.5 Å². The van der Waals surface area contributed by atoms with Gasteiger partial charge in [-0.25, -0.2) is 0 Å². The first-order valence-corrected chi connectivity index (χ1v) is 6.83. The van der Waals surface area contributed by atoms with E-state index < -0.39 is 0 Å². The number of methoxy groups -OCH3 is 2. The molecule has 0 aromatic heterocycles. The number of ether oxygens (including phenoxy) is 2. The number of hydrogen-bond donors (Lipinski definition) is 0. The van der Waals surface area contributed by atoms with E-state index >= 15 is 0 Å². The molecule has 1 aromatic carbocycles. The summed E-state index contributed by atoms with van der Waals surface area (Å²) in [7, 11) is 3.32. The van der Waals surface area contributed by atoms with Gasteiger partial charge in [0.2, 0.25) is 0 Å². The van der Waals surface area contributed by atoms with Crippen molar-refractivity contribution in [3.05, 3.63) is 23.8 Å². The Hall–Kier alpha value is -1.51. The van der Waals surface area contributed by atoms with Crippen LogP contribution >= 0.6 is 0 Å². The van der Waals surface area contributed by atoms with Crippen molar-refractivity contribution in [3.63, 3.8) is 0 Å². The molecule has 1 rings (SSSR count). The molecule has 0 amide bonds. The van der Waals surface area contributed by atoms with Gasteiger partial charge < -0.3 is 9.47 Å². The quantitative estimate of drug-likeness (QED) is 0.719. The van der Waals surface area contributed by atoms with Gasteiger partial charge in [-0.05, 0) is 42.5 Å². The maximum absolute atomic E-state index is 11.7. The standard InChI is InChI=1S/C16H24O3/c1-5-6-14(17)10-12(2)9-13-11-15(18-3)7-8-16(13)19-4/h7-8,11-12H,5-6,9-10H2,1-4H3. The molecule has 0 saturated heterocycles. The fourth-order valence-corrected chi connectivity index (χ4v) is 2.26. The Morgan fingerprint density at radius 3 is 2.58 bits per heavy atom. The van der Waals surface area contributed by atoms with E-state index in [1.54, 1.807) is 14.2 Å². The van der Waals surface area contributed by atoms with Crippen LogP contribution in [0.5, 0.6) is 11.5 Å². The van der Waals surface area contributed by atoms with E-state index in [9.17, 15) is 4.79 Å². The number of ketones is 1. The Morgan fingerprint density at radius 1 is 1.26 bits per heavy atom. The minimum absolute atomic E-state index is 0.319. The van der Waals surface area contributed by atoms with Gasteiger partial charge in [0.25, 0.3) is 0 Å². The second-order valence-corrected chi connectivity index (χ2v) is 4.98. The molecular formula is C16H24O3. The first-order valence-electron chi connectivity index (χ1n) is 6.83. The molecule has 0 aliphatic carbocycles. The van der Waals surface area contributed by atoms with Gasteiger partial charge in [0.05, 0.1) is 14.2 Å². The molecule has 0 N–H and O–H groups in total. The van der Waals surface area contributed by atoms with Crippen LogP contribution in [0.1, 0.15) is 38.7 Å². The summed E-state index contributed by atoms with van der Waals surface area (Å²) in [4.78, 5) is 11.7. The maximum Gasteiger partial charge on any atom is 0.133 e. The van der Waals surface area contributed by atoms with Crippen LogP contribution in [0, 0.1) is 5.92 Å². The zero-order valence-corrected chi connectivity index (χ0v) is 12.4. The smallest absolute Gasteiger partial charge is 0.133 e. The molecule has 3 heteroatoms. The minimum atomic E-state index is 0.319.